The van der Waals surface area contributed by atoms with E-state index in [0.29, 0.717) is 24.4 Å². The molecular formula is C17H19BrO3. The SMILES string of the molecule is CCOC(=O)C1=C(c2ccc(Br)cc2)OC(C(C)C)=CC1. The summed E-state index contributed by atoms with van der Waals surface area (Å²) in [5.41, 5.74) is 1.45. The summed E-state index contributed by atoms with van der Waals surface area (Å²) >= 11 is 3.41. The van der Waals surface area contributed by atoms with Gasteiger partial charge in [-0.2, -0.15) is 0 Å². The minimum absolute atomic E-state index is 0.277. The van der Waals surface area contributed by atoms with E-state index in [1.165, 1.54) is 0 Å². The highest BCUT2D eigenvalue weighted by Gasteiger charge is 2.24. The summed E-state index contributed by atoms with van der Waals surface area (Å²) < 4.78 is 12.1. The minimum atomic E-state index is -0.311. The number of hydrogen-bond donors (Lipinski definition) is 0. The molecule has 1 heterocycles. The molecule has 0 saturated carbocycles. The number of benzene rings is 1. The Kier molecular flexibility index (Phi) is 5.23. The molecule has 0 saturated heterocycles. The topological polar surface area (TPSA) is 35.5 Å². The van der Waals surface area contributed by atoms with Crippen molar-refractivity contribution < 1.29 is 14.3 Å². The number of carbonyl (C=O) groups is 1. The number of allylic oxidation sites excluding steroid dienone is 2. The number of esters is 1. The smallest absolute Gasteiger partial charge is 0.338 e. The van der Waals surface area contributed by atoms with Crippen molar-refractivity contribution in [3.05, 3.63) is 51.7 Å². The van der Waals surface area contributed by atoms with Gasteiger partial charge >= 0.3 is 5.97 Å². The van der Waals surface area contributed by atoms with Gasteiger partial charge in [-0.3, -0.25) is 0 Å². The van der Waals surface area contributed by atoms with Crippen molar-refractivity contribution in [2.24, 2.45) is 5.92 Å². The molecule has 3 nitrogen and oxygen atoms in total. The van der Waals surface area contributed by atoms with Crippen LogP contribution >= 0.6 is 15.9 Å². The van der Waals surface area contributed by atoms with Gasteiger partial charge in [0.1, 0.15) is 11.5 Å². The van der Waals surface area contributed by atoms with E-state index in [2.05, 4.69) is 29.8 Å². The van der Waals surface area contributed by atoms with Crippen LogP contribution < -0.4 is 0 Å². The predicted molar refractivity (Wildman–Crippen MR) is 86.3 cm³/mol. The van der Waals surface area contributed by atoms with Gasteiger partial charge in [-0.25, -0.2) is 4.79 Å². The van der Waals surface area contributed by atoms with Crippen LogP contribution in [0.4, 0.5) is 0 Å². The van der Waals surface area contributed by atoms with Gasteiger partial charge in [0.05, 0.1) is 12.2 Å². The molecule has 0 aliphatic carbocycles. The minimum Gasteiger partial charge on any atom is -0.463 e. The van der Waals surface area contributed by atoms with Gasteiger partial charge in [-0.1, -0.05) is 41.9 Å². The van der Waals surface area contributed by atoms with E-state index >= 15 is 0 Å². The molecule has 0 spiro atoms. The van der Waals surface area contributed by atoms with Gasteiger partial charge in [0.15, 0.2) is 0 Å². The lowest BCUT2D eigenvalue weighted by atomic mass is 10.0. The van der Waals surface area contributed by atoms with Crippen molar-refractivity contribution in [2.45, 2.75) is 27.2 Å². The van der Waals surface area contributed by atoms with Crippen LogP contribution in [0.1, 0.15) is 32.8 Å². The molecule has 0 fully saturated rings. The Balaban J connectivity index is 2.40. The van der Waals surface area contributed by atoms with Crippen LogP contribution in [0.5, 0.6) is 0 Å². The Morgan fingerprint density at radius 2 is 2.00 bits per heavy atom. The fourth-order valence-electron chi connectivity index (χ4n) is 2.10. The van der Waals surface area contributed by atoms with Crippen molar-refractivity contribution in [1.82, 2.24) is 0 Å². The second-order valence-corrected chi connectivity index (χ2v) is 6.02. The summed E-state index contributed by atoms with van der Waals surface area (Å²) in [5.74, 6) is 1.46. The highest BCUT2D eigenvalue weighted by atomic mass is 79.9. The molecule has 1 aliphatic rings. The summed E-state index contributed by atoms with van der Waals surface area (Å²) in [4.78, 5) is 12.1. The Hall–Kier alpha value is -1.55. The molecule has 0 radical (unpaired) electrons. The molecule has 1 aromatic carbocycles. The van der Waals surface area contributed by atoms with Gasteiger partial charge in [-0.05, 0) is 25.1 Å². The fourth-order valence-corrected chi connectivity index (χ4v) is 2.36. The average Bonchev–Trinajstić information content (AvgIpc) is 2.47. The average molecular weight is 351 g/mol. The first-order valence-electron chi connectivity index (χ1n) is 7.07. The third-order valence-electron chi connectivity index (χ3n) is 3.20. The monoisotopic (exact) mass is 350 g/mol. The molecule has 1 aromatic rings. The first-order chi connectivity index (χ1) is 10.0. The van der Waals surface area contributed by atoms with Gasteiger partial charge in [0, 0.05) is 22.4 Å². The third kappa shape index (κ3) is 3.76. The Labute approximate surface area is 133 Å². The van der Waals surface area contributed by atoms with Crippen LogP contribution in [0.25, 0.3) is 5.76 Å². The molecule has 21 heavy (non-hydrogen) atoms. The molecule has 4 heteroatoms. The van der Waals surface area contributed by atoms with E-state index in [1.54, 1.807) is 6.92 Å². The van der Waals surface area contributed by atoms with Gasteiger partial charge < -0.3 is 9.47 Å². The molecule has 112 valence electrons. The molecule has 0 N–H and O–H groups in total. The van der Waals surface area contributed by atoms with Gasteiger partial charge in [0.2, 0.25) is 0 Å². The zero-order valence-corrected chi connectivity index (χ0v) is 14.1. The molecule has 1 aliphatic heterocycles. The number of hydrogen-bond acceptors (Lipinski definition) is 3. The number of carbonyl (C=O) groups excluding carboxylic acids is 1. The lowest BCUT2D eigenvalue weighted by Crippen LogP contribution is -2.15. The van der Waals surface area contributed by atoms with Crippen LogP contribution in [0.15, 0.2) is 46.1 Å². The lowest BCUT2D eigenvalue weighted by molar-refractivity contribution is -0.138. The van der Waals surface area contributed by atoms with Gasteiger partial charge in [-0.15, -0.1) is 0 Å². The van der Waals surface area contributed by atoms with E-state index in [4.69, 9.17) is 9.47 Å². The lowest BCUT2D eigenvalue weighted by Gasteiger charge is -2.23. The normalized spacial score (nSPS) is 14.8. The molecule has 0 aromatic heterocycles. The van der Waals surface area contributed by atoms with E-state index in [1.807, 2.05) is 30.3 Å². The quantitative estimate of drug-likeness (QED) is 0.739. The zero-order chi connectivity index (χ0) is 15.4. The Bertz CT molecular complexity index is 583. The third-order valence-corrected chi connectivity index (χ3v) is 3.73. The maximum absolute atomic E-state index is 12.1. The fraction of sp³-hybridized carbons (Fsp3) is 0.353. The van der Waals surface area contributed by atoms with Crippen molar-refractivity contribution in [3.8, 4) is 0 Å². The van der Waals surface area contributed by atoms with E-state index in [9.17, 15) is 4.79 Å². The first-order valence-corrected chi connectivity index (χ1v) is 7.86. The van der Waals surface area contributed by atoms with Crippen LogP contribution in [0, 0.1) is 5.92 Å². The van der Waals surface area contributed by atoms with Crippen molar-refractivity contribution in [3.63, 3.8) is 0 Å². The second-order valence-electron chi connectivity index (χ2n) is 5.10. The van der Waals surface area contributed by atoms with E-state index in [-0.39, 0.29) is 11.9 Å². The standard InChI is InChI=1S/C17H19BrO3/c1-4-20-17(19)14-9-10-15(11(2)3)21-16(14)12-5-7-13(18)8-6-12/h5-8,10-11H,4,9H2,1-3H3. The van der Waals surface area contributed by atoms with Crippen LogP contribution in [0.3, 0.4) is 0 Å². The van der Waals surface area contributed by atoms with Crippen LogP contribution in [-0.4, -0.2) is 12.6 Å². The number of halogens is 1. The van der Waals surface area contributed by atoms with E-state index < -0.39 is 0 Å². The second kappa shape index (κ2) is 6.94. The summed E-state index contributed by atoms with van der Waals surface area (Å²) in [5, 5.41) is 0. The first kappa shape index (κ1) is 15.8. The molecule has 2 rings (SSSR count). The maximum atomic E-state index is 12.1. The molecule has 0 atom stereocenters. The summed E-state index contributed by atoms with van der Waals surface area (Å²) in [6.07, 6.45) is 2.50. The van der Waals surface area contributed by atoms with Crippen molar-refractivity contribution >= 4 is 27.7 Å². The Morgan fingerprint density at radius 3 is 2.57 bits per heavy atom. The van der Waals surface area contributed by atoms with Crippen LogP contribution in [0.2, 0.25) is 0 Å². The van der Waals surface area contributed by atoms with Crippen molar-refractivity contribution in [1.29, 1.82) is 0 Å². The molecule has 0 amide bonds. The van der Waals surface area contributed by atoms with Crippen molar-refractivity contribution in [2.75, 3.05) is 6.61 Å². The molecule has 0 bridgehead atoms. The highest BCUT2D eigenvalue weighted by molar-refractivity contribution is 9.10. The van der Waals surface area contributed by atoms with E-state index in [0.717, 1.165) is 15.8 Å². The van der Waals surface area contributed by atoms with Crippen LogP contribution in [-0.2, 0) is 14.3 Å². The molecular weight excluding hydrogens is 332 g/mol. The molecule has 0 unspecified atom stereocenters. The Morgan fingerprint density at radius 1 is 1.33 bits per heavy atom. The maximum Gasteiger partial charge on any atom is 0.338 e. The summed E-state index contributed by atoms with van der Waals surface area (Å²) in [7, 11) is 0. The largest absolute Gasteiger partial charge is 0.463 e. The summed E-state index contributed by atoms with van der Waals surface area (Å²) in [6.45, 7) is 6.30. The zero-order valence-electron chi connectivity index (χ0n) is 12.5. The summed E-state index contributed by atoms with van der Waals surface area (Å²) in [6, 6.07) is 7.73. The van der Waals surface area contributed by atoms with Gasteiger partial charge in [0.25, 0.3) is 0 Å². The highest BCUT2D eigenvalue weighted by Crippen LogP contribution is 2.33. The number of rotatable bonds is 4. The number of ether oxygens (including phenoxy) is 2. The predicted octanol–water partition coefficient (Wildman–Crippen LogP) is 4.68.